The highest BCUT2D eigenvalue weighted by atomic mass is 79.9. The monoisotopic (exact) mass is 805 g/mol. The lowest BCUT2D eigenvalue weighted by molar-refractivity contribution is 0.231. The maximum Gasteiger partial charge on any atom is 0.243 e. The van der Waals surface area contributed by atoms with Crippen molar-refractivity contribution in [3.8, 4) is 0 Å². The number of hydrogen-bond acceptors (Lipinski definition) is 7. The highest BCUT2D eigenvalue weighted by Crippen LogP contribution is 2.34. The van der Waals surface area contributed by atoms with Crippen LogP contribution in [0.1, 0.15) is 24.8 Å². The molecule has 0 spiro atoms. The first-order chi connectivity index (χ1) is 24.9. The molecule has 5 aromatic carbocycles. The minimum absolute atomic E-state index is 0.198. The molecule has 1 heterocycles. The van der Waals surface area contributed by atoms with Crippen LogP contribution in [0.3, 0.4) is 0 Å². The van der Waals surface area contributed by atoms with Gasteiger partial charge < -0.3 is 9.80 Å². The van der Waals surface area contributed by atoms with Crippen LogP contribution in [-0.2, 0) is 26.6 Å². The van der Waals surface area contributed by atoms with Gasteiger partial charge in [-0.05, 0) is 74.3 Å². The molecule has 9 nitrogen and oxygen atoms in total. The number of benzene rings is 5. The number of hydrogen-bond donors (Lipinski definition) is 0. The maximum atomic E-state index is 14.6. The highest BCUT2D eigenvalue weighted by Gasteiger charge is 2.30. The Bertz CT molecular complexity index is 2130. The summed E-state index contributed by atoms with van der Waals surface area (Å²) >= 11 is 3.59. The minimum atomic E-state index is -3.93. The Morgan fingerprint density at radius 1 is 0.538 bits per heavy atom. The number of anilines is 2. The van der Waals surface area contributed by atoms with Gasteiger partial charge in [0.15, 0.2) is 0 Å². The third-order valence-electron chi connectivity index (χ3n) is 9.79. The third-order valence-corrected chi connectivity index (χ3v) is 14.2. The average Bonchev–Trinajstić information content (AvgIpc) is 3.11. The second-order valence-corrected chi connectivity index (χ2v) is 18.5. The van der Waals surface area contributed by atoms with Crippen LogP contribution in [0.25, 0.3) is 21.5 Å². The molecule has 0 aromatic heterocycles. The van der Waals surface area contributed by atoms with Crippen LogP contribution in [0.5, 0.6) is 0 Å². The Hall–Kier alpha value is -3.52. The molecule has 1 aliphatic rings. The summed E-state index contributed by atoms with van der Waals surface area (Å²) in [5.74, 6) is 0. The molecule has 0 amide bonds. The van der Waals surface area contributed by atoms with Crippen LogP contribution in [0, 0.1) is 0 Å². The fourth-order valence-electron chi connectivity index (χ4n) is 7.27. The average molecular weight is 807 g/mol. The Morgan fingerprint density at radius 3 is 1.38 bits per heavy atom. The summed E-state index contributed by atoms with van der Waals surface area (Å²) in [5.41, 5.74) is 3.02. The van der Waals surface area contributed by atoms with Crippen molar-refractivity contribution >= 4 is 68.9 Å². The zero-order valence-corrected chi connectivity index (χ0v) is 33.6. The molecule has 6 rings (SSSR count). The van der Waals surface area contributed by atoms with Gasteiger partial charge in [-0.3, -0.25) is 4.90 Å². The first-order valence-electron chi connectivity index (χ1n) is 17.7. The van der Waals surface area contributed by atoms with E-state index >= 15 is 0 Å². The molecule has 1 fully saturated rings. The van der Waals surface area contributed by atoms with Gasteiger partial charge in [-0.25, -0.2) is 16.8 Å². The van der Waals surface area contributed by atoms with Gasteiger partial charge in [0, 0.05) is 98.3 Å². The fraction of sp³-hybridized carbons (Fsp3) is 0.350. The second kappa shape index (κ2) is 16.2. The Kier molecular flexibility index (Phi) is 11.9. The summed E-state index contributed by atoms with van der Waals surface area (Å²) < 4.78 is 62.5. The van der Waals surface area contributed by atoms with Gasteiger partial charge in [0.25, 0.3) is 0 Å². The molecule has 0 unspecified atom stereocenters. The number of nitrogens with zero attached hydrogens (tertiary/aromatic N) is 5. The molecule has 0 saturated carbocycles. The van der Waals surface area contributed by atoms with E-state index in [0.717, 1.165) is 32.2 Å². The number of halogens is 1. The topological polar surface area (TPSA) is 84.5 Å². The van der Waals surface area contributed by atoms with Gasteiger partial charge in [0.1, 0.15) is 0 Å². The van der Waals surface area contributed by atoms with E-state index < -0.39 is 20.0 Å². The summed E-state index contributed by atoms with van der Waals surface area (Å²) in [6, 6.07) is 30.6. The molecule has 0 N–H and O–H groups in total. The predicted molar refractivity (Wildman–Crippen MR) is 217 cm³/mol. The summed E-state index contributed by atoms with van der Waals surface area (Å²) in [6.45, 7) is 3.06. The molecular formula is C40H48BrN5O4S2. The van der Waals surface area contributed by atoms with Gasteiger partial charge in [-0.1, -0.05) is 76.6 Å². The standard InChI is InChI=1S/C40H48BrN5O4S2/c1-42(2)37-19-6-17-35-33(37)15-8-21-39(35)51(47,48)45-25-10-23-44(30-31-13-5-14-32(41)29-31)24-11-26-46(28-12-27-45)52(49,50)40-22-9-16-34-36(40)18-7-20-38(34)43(3)4/h5-9,13-22,29H,10-12,23-28,30H2,1-4H3. The molecular weight excluding hydrogens is 759 g/mol. The van der Waals surface area contributed by atoms with Crippen LogP contribution < -0.4 is 9.80 Å². The second-order valence-electron chi connectivity index (χ2n) is 13.8. The van der Waals surface area contributed by atoms with E-state index in [4.69, 9.17) is 0 Å². The van der Waals surface area contributed by atoms with E-state index in [1.807, 2.05) is 98.7 Å². The zero-order chi connectivity index (χ0) is 37.0. The Morgan fingerprint density at radius 2 is 0.942 bits per heavy atom. The number of sulfonamides is 2. The quantitative estimate of drug-likeness (QED) is 0.163. The van der Waals surface area contributed by atoms with E-state index in [1.54, 1.807) is 32.9 Å². The van der Waals surface area contributed by atoms with Crippen LogP contribution in [-0.4, -0.2) is 97.8 Å². The van der Waals surface area contributed by atoms with E-state index in [2.05, 4.69) is 33.0 Å². The van der Waals surface area contributed by atoms with Crippen LogP contribution in [0.4, 0.5) is 11.4 Å². The molecule has 0 bridgehead atoms. The summed E-state index contributed by atoms with van der Waals surface area (Å²) in [5, 5.41) is 3.09. The largest absolute Gasteiger partial charge is 0.377 e. The number of fused-ring (bicyclic) bond motifs is 2. The van der Waals surface area contributed by atoms with Crippen molar-refractivity contribution in [2.24, 2.45) is 0 Å². The number of rotatable bonds is 8. The summed E-state index contributed by atoms with van der Waals surface area (Å²) in [7, 11) is -0.0631. The fourth-order valence-corrected chi connectivity index (χ4v) is 11.2. The summed E-state index contributed by atoms with van der Waals surface area (Å²) in [4.78, 5) is 6.82. The van der Waals surface area contributed by atoms with E-state index in [0.29, 0.717) is 62.8 Å². The van der Waals surface area contributed by atoms with Crippen molar-refractivity contribution in [3.63, 3.8) is 0 Å². The van der Waals surface area contributed by atoms with Crippen molar-refractivity contribution < 1.29 is 16.8 Å². The minimum Gasteiger partial charge on any atom is -0.377 e. The van der Waals surface area contributed by atoms with Gasteiger partial charge in [0.2, 0.25) is 20.0 Å². The van der Waals surface area contributed by atoms with Crippen LogP contribution >= 0.6 is 15.9 Å². The molecule has 52 heavy (non-hydrogen) atoms. The highest BCUT2D eigenvalue weighted by molar-refractivity contribution is 9.10. The summed E-state index contributed by atoms with van der Waals surface area (Å²) in [6.07, 6.45) is 1.65. The Balaban J connectivity index is 1.36. The smallest absolute Gasteiger partial charge is 0.243 e. The molecule has 1 aliphatic heterocycles. The van der Waals surface area contributed by atoms with Gasteiger partial charge in [-0.2, -0.15) is 8.61 Å². The van der Waals surface area contributed by atoms with Gasteiger partial charge in [0.05, 0.1) is 9.79 Å². The molecule has 1 saturated heterocycles. The van der Waals surface area contributed by atoms with Crippen molar-refractivity contribution in [1.29, 1.82) is 0 Å². The lowest BCUT2D eigenvalue weighted by Gasteiger charge is -2.30. The molecule has 0 aliphatic carbocycles. The third kappa shape index (κ3) is 8.17. The first kappa shape index (κ1) is 38.2. The zero-order valence-electron chi connectivity index (χ0n) is 30.4. The molecule has 0 atom stereocenters. The van der Waals surface area contributed by atoms with Crippen molar-refractivity contribution in [2.75, 3.05) is 77.3 Å². The van der Waals surface area contributed by atoms with Crippen molar-refractivity contribution in [1.82, 2.24) is 13.5 Å². The lowest BCUT2D eigenvalue weighted by atomic mass is 10.1. The molecule has 276 valence electrons. The predicted octanol–water partition coefficient (Wildman–Crippen LogP) is 7.26. The van der Waals surface area contributed by atoms with E-state index in [1.165, 1.54) is 0 Å². The van der Waals surface area contributed by atoms with Crippen molar-refractivity contribution in [2.45, 2.75) is 35.6 Å². The van der Waals surface area contributed by atoms with Gasteiger partial charge >= 0.3 is 0 Å². The molecule has 0 radical (unpaired) electrons. The van der Waals surface area contributed by atoms with Gasteiger partial charge in [-0.15, -0.1) is 0 Å². The van der Waals surface area contributed by atoms with Crippen LogP contribution in [0.15, 0.2) is 111 Å². The Labute approximate surface area is 317 Å². The lowest BCUT2D eigenvalue weighted by Crippen LogP contribution is -2.40. The van der Waals surface area contributed by atoms with Crippen LogP contribution in [0.2, 0.25) is 0 Å². The maximum absolute atomic E-state index is 14.6. The molecule has 12 heteroatoms. The van der Waals surface area contributed by atoms with E-state index in [-0.39, 0.29) is 22.9 Å². The SMILES string of the molecule is CN(C)c1cccc2c(S(=O)(=O)N3CCCN(Cc4cccc(Br)c4)CCCN(S(=O)(=O)c4cccc5c(N(C)C)cccc45)CCC3)cccc12. The normalized spacial score (nSPS) is 16.4. The van der Waals surface area contributed by atoms with Crippen molar-refractivity contribution in [3.05, 3.63) is 107 Å². The van der Waals surface area contributed by atoms with E-state index in [9.17, 15) is 16.8 Å². The first-order valence-corrected chi connectivity index (χ1v) is 21.4. The molecule has 5 aromatic rings.